The number of nitrogens with zero attached hydrogens (tertiary/aromatic N) is 4. The molecule has 1 heterocycles. The molecule has 0 unspecified atom stereocenters. The van der Waals surface area contributed by atoms with E-state index < -0.39 is 0 Å². The third-order valence-corrected chi connectivity index (χ3v) is 3.12. The van der Waals surface area contributed by atoms with Crippen molar-refractivity contribution in [3.05, 3.63) is 5.82 Å². The molecular formula is C13H23N5. The van der Waals surface area contributed by atoms with Gasteiger partial charge in [-0.15, -0.1) is 0 Å². The van der Waals surface area contributed by atoms with E-state index in [0.717, 1.165) is 37.2 Å². The van der Waals surface area contributed by atoms with Gasteiger partial charge in [0, 0.05) is 19.5 Å². The fourth-order valence-electron chi connectivity index (χ4n) is 1.99. The lowest BCUT2D eigenvalue weighted by Gasteiger charge is -2.21. The van der Waals surface area contributed by atoms with Gasteiger partial charge in [-0.3, -0.25) is 0 Å². The minimum atomic E-state index is 0.338. The maximum absolute atomic E-state index is 5.79. The summed E-state index contributed by atoms with van der Waals surface area (Å²) in [4.78, 5) is 15.2. The Kier molecular flexibility index (Phi) is 3.99. The average Bonchev–Trinajstić information content (AvgIpc) is 3.07. The topological polar surface area (TPSA) is 67.9 Å². The van der Waals surface area contributed by atoms with E-state index in [4.69, 9.17) is 5.73 Å². The van der Waals surface area contributed by atoms with Crippen molar-refractivity contribution >= 4 is 11.9 Å². The number of nitrogen functional groups attached to an aromatic ring is 1. The molecule has 1 fully saturated rings. The zero-order valence-electron chi connectivity index (χ0n) is 11.6. The van der Waals surface area contributed by atoms with Crippen molar-refractivity contribution in [1.29, 1.82) is 0 Å². The van der Waals surface area contributed by atoms with Crippen LogP contribution in [0.3, 0.4) is 0 Å². The molecule has 18 heavy (non-hydrogen) atoms. The quantitative estimate of drug-likeness (QED) is 0.833. The Bertz CT molecular complexity index is 400. The van der Waals surface area contributed by atoms with Gasteiger partial charge in [0.1, 0.15) is 5.82 Å². The first-order chi connectivity index (χ1) is 8.58. The van der Waals surface area contributed by atoms with Crippen LogP contribution in [0.1, 0.15) is 39.4 Å². The first kappa shape index (κ1) is 13.1. The Morgan fingerprint density at radius 2 is 2.00 bits per heavy atom. The van der Waals surface area contributed by atoms with Gasteiger partial charge in [-0.25, -0.2) is 0 Å². The number of hydrogen-bond acceptors (Lipinski definition) is 5. The molecule has 0 bridgehead atoms. The Balaban J connectivity index is 2.16. The van der Waals surface area contributed by atoms with Crippen LogP contribution in [0.2, 0.25) is 0 Å². The van der Waals surface area contributed by atoms with Crippen molar-refractivity contribution in [3.8, 4) is 0 Å². The van der Waals surface area contributed by atoms with Gasteiger partial charge >= 0.3 is 0 Å². The highest BCUT2D eigenvalue weighted by atomic mass is 15.3. The molecule has 0 spiro atoms. The van der Waals surface area contributed by atoms with Crippen molar-refractivity contribution in [2.45, 2.75) is 40.0 Å². The number of aromatic nitrogens is 3. The Morgan fingerprint density at radius 3 is 2.56 bits per heavy atom. The molecule has 0 radical (unpaired) electrons. The molecule has 0 aromatic carbocycles. The molecule has 1 aromatic heterocycles. The summed E-state index contributed by atoms with van der Waals surface area (Å²) in [5.74, 6) is 3.23. The summed E-state index contributed by atoms with van der Waals surface area (Å²) >= 11 is 0. The third-order valence-electron chi connectivity index (χ3n) is 3.12. The van der Waals surface area contributed by atoms with Gasteiger partial charge in [-0.2, -0.15) is 15.0 Å². The molecule has 0 amide bonds. The van der Waals surface area contributed by atoms with Gasteiger partial charge in [0.05, 0.1) is 0 Å². The standard InChI is InChI=1S/C13H23N5/c1-4-18(8-10-5-6-10)13-16-11(7-9(2)3)15-12(14)17-13/h9-10H,4-8H2,1-3H3,(H2,14,15,16,17). The Morgan fingerprint density at radius 1 is 1.28 bits per heavy atom. The van der Waals surface area contributed by atoms with E-state index in [1.54, 1.807) is 0 Å². The molecule has 5 heteroatoms. The smallest absolute Gasteiger partial charge is 0.230 e. The predicted molar refractivity (Wildman–Crippen MR) is 73.4 cm³/mol. The fraction of sp³-hybridized carbons (Fsp3) is 0.769. The first-order valence-corrected chi connectivity index (χ1v) is 6.83. The molecule has 1 aliphatic rings. The summed E-state index contributed by atoms with van der Waals surface area (Å²) in [5, 5.41) is 0. The summed E-state index contributed by atoms with van der Waals surface area (Å²) in [6.07, 6.45) is 3.51. The number of nitrogens with two attached hydrogens (primary N) is 1. The zero-order valence-corrected chi connectivity index (χ0v) is 11.6. The van der Waals surface area contributed by atoms with Gasteiger partial charge in [0.25, 0.3) is 0 Å². The summed E-state index contributed by atoms with van der Waals surface area (Å²) in [6, 6.07) is 0. The molecule has 1 saturated carbocycles. The maximum Gasteiger partial charge on any atom is 0.230 e. The molecule has 2 N–H and O–H groups in total. The average molecular weight is 249 g/mol. The van der Waals surface area contributed by atoms with E-state index in [1.807, 2.05) is 0 Å². The summed E-state index contributed by atoms with van der Waals surface area (Å²) in [7, 11) is 0. The van der Waals surface area contributed by atoms with Gasteiger partial charge in [-0.1, -0.05) is 13.8 Å². The fourth-order valence-corrected chi connectivity index (χ4v) is 1.99. The largest absolute Gasteiger partial charge is 0.368 e. The van der Waals surface area contributed by atoms with E-state index in [9.17, 15) is 0 Å². The third kappa shape index (κ3) is 3.55. The molecule has 5 nitrogen and oxygen atoms in total. The van der Waals surface area contributed by atoms with Crippen LogP contribution < -0.4 is 10.6 Å². The molecular weight excluding hydrogens is 226 g/mol. The molecule has 100 valence electrons. The lowest BCUT2D eigenvalue weighted by atomic mass is 10.1. The van der Waals surface area contributed by atoms with Crippen molar-refractivity contribution in [2.75, 3.05) is 23.7 Å². The van der Waals surface area contributed by atoms with Gasteiger partial charge in [0.2, 0.25) is 11.9 Å². The first-order valence-electron chi connectivity index (χ1n) is 6.83. The Hall–Kier alpha value is -1.39. The minimum absolute atomic E-state index is 0.338. The van der Waals surface area contributed by atoms with Crippen LogP contribution in [0.15, 0.2) is 0 Å². The second-order valence-corrected chi connectivity index (χ2v) is 5.49. The second kappa shape index (κ2) is 5.50. The van der Waals surface area contributed by atoms with E-state index in [1.165, 1.54) is 12.8 Å². The minimum Gasteiger partial charge on any atom is -0.368 e. The lowest BCUT2D eigenvalue weighted by molar-refractivity contribution is 0.614. The van der Waals surface area contributed by atoms with Gasteiger partial charge < -0.3 is 10.6 Å². The zero-order chi connectivity index (χ0) is 13.1. The van der Waals surface area contributed by atoms with Crippen LogP contribution in [0.5, 0.6) is 0 Å². The van der Waals surface area contributed by atoms with Crippen molar-refractivity contribution in [1.82, 2.24) is 15.0 Å². The van der Waals surface area contributed by atoms with E-state index >= 15 is 0 Å². The monoisotopic (exact) mass is 249 g/mol. The van der Waals surface area contributed by atoms with Crippen LogP contribution in [0.25, 0.3) is 0 Å². The summed E-state index contributed by atoms with van der Waals surface area (Å²) in [5.41, 5.74) is 5.79. The molecule has 1 aromatic rings. The van der Waals surface area contributed by atoms with E-state index in [0.29, 0.717) is 11.9 Å². The highest BCUT2D eigenvalue weighted by Gasteiger charge is 2.25. The highest BCUT2D eigenvalue weighted by Crippen LogP contribution is 2.30. The highest BCUT2D eigenvalue weighted by molar-refractivity contribution is 5.35. The molecule has 0 aliphatic heterocycles. The van der Waals surface area contributed by atoms with Gasteiger partial charge in [0.15, 0.2) is 0 Å². The van der Waals surface area contributed by atoms with Crippen LogP contribution in [0, 0.1) is 11.8 Å². The van der Waals surface area contributed by atoms with Crippen molar-refractivity contribution in [2.24, 2.45) is 11.8 Å². The summed E-state index contributed by atoms with van der Waals surface area (Å²) in [6.45, 7) is 8.40. The van der Waals surface area contributed by atoms with Crippen LogP contribution >= 0.6 is 0 Å². The van der Waals surface area contributed by atoms with Crippen LogP contribution in [-0.2, 0) is 6.42 Å². The van der Waals surface area contributed by atoms with Crippen LogP contribution in [0.4, 0.5) is 11.9 Å². The maximum atomic E-state index is 5.79. The number of rotatable bonds is 6. The van der Waals surface area contributed by atoms with Gasteiger partial charge in [-0.05, 0) is 31.6 Å². The van der Waals surface area contributed by atoms with Crippen molar-refractivity contribution in [3.63, 3.8) is 0 Å². The van der Waals surface area contributed by atoms with Crippen LogP contribution in [-0.4, -0.2) is 28.0 Å². The van der Waals surface area contributed by atoms with Crippen molar-refractivity contribution < 1.29 is 0 Å². The number of hydrogen-bond donors (Lipinski definition) is 1. The normalized spacial score (nSPS) is 15.1. The molecule has 0 saturated heterocycles. The lowest BCUT2D eigenvalue weighted by Crippen LogP contribution is -2.28. The molecule has 2 rings (SSSR count). The molecule has 0 atom stereocenters. The van der Waals surface area contributed by atoms with E-state index in [-0.39, 0.29) is 0 Å². The van der Waals surface area contributed by atoms with E-state index in [2.05, 4.69) is 40.6 Å². The molecule has 1 aliphatic carbocycles. The Labute approximate surface area is 109 Å². The SMILES string of the molecule is CCN(CC1CC1)c1nc(N)nc(CC(C)C)n1. The summed E-state index contributed by atoms with van der Waals surface area (Å²) < 4.78 is 0. The predicted octanol–water partition coefficient (Wildman–Crippen LogP) is 1.89. The number of anilines is 2. The second-order valence-electron chi connectivity index (χ2n) is 5.49.